The van der Waals surface area contributed by atoms with Gasteiger partial charge in [-0.3, -0.25) is 0 Å². The molecule has 5 nitrogen and oxygen atoms in total. The third-order valence-corrected chi connectivity index (χ3v) is 4.14. The number of urea groups is 1. The lowest BCUT2D eigenvalue weighted by molar-refractivity contribution is 0.238. The molecule has 2 N–H and O–H groups in total. The van der Waals surface area contributed by atoms with Crippen LogP contribution in [0.2, 0.25) is 0 Å². The number of carbonyl (C=O) groups excluding carboxylic acids is 1. The Balaban J connectivity index is 1.89. The molecule has 1 aromatic heterocycles. The van der Waals surface area contributed by atoms with Crippen LogP contribution in [0.3, 0.4) is 0 Å². The molecule has 114 valence electrons. The highest BCUT2D eigenvalue weighted by atomic mass is 16.2. The normalized spacial score (nSPS) is 17.5. The van der Waals surface area contributed by atoms with Crippen molar-refractivity contribution in [3.05, 3.63) is 71.9 Å². The van der Waals surface area contributed by atoms with Crippen molar-refractivity contribution >= 4 is 22.6 Å². The van der Waals surface area contributed by atoms with Crippen LogP contribution < -0.4 is 10.7 Å². The summed E-state index contributed by atoms with van der Waals surface area (Å²) in [4.78, 5) is 11.8. The number of para-hydroxylation sites is 1. The van der Waals surface area contributed by atoms with Gasteiger partial charge in [-0.05, 0) is 6.07 Å². The van der Waals surface area contributed by atoms with E-state index in [1.807, 2.05) is 49.5 Å². The molecule has 1 aliphatic rings. The predicted molar refractivity (Wildman–Crippen MR) is 90.3 cm³/mol. The number of hydrazone groups is 1. The van der Waals surface area contributed by atoms with E-state index >= 15 is 0 Å². The number of benzene rings is 2. The van der Waals surface area contributed by atoms with Crippen molar-refractivity contribution in [2.75, 3.05) is 0 Å². The van der Waals surface area contributed by atoms with Crippen molar-refractivity contribution < 1.29 is 4.79 Å². The molecule has 1 aliphatic heterocycles. The topological polar surface area (TPSA) is 58.4 Å². The van der Waals surface area contributed by atoms with Gasteiger partial charge in [-0.2, -0.15) is 5.10 Å². The molecular weight excluding hydrogens is 288 g/mol. The molecule has 0 fully saturated rings. The van der Waals surface area contributed by atoms with Gasteiger partial charge in [0.05, 0.1) is 5.71 Å². The first-order valence-electron chi connectivity index (χ1n) is 7.47. The number of nitrogens with one attached hydrogen (secondary N) is 2. The molecular formula is C18H16N4O. The van der Waals surface area contributed by atoms with E-state index in [1.54, 1.807) is 0 Å². The van der Waals surface area contributed by atoms with E-state index < -0.39 is 0 Å². The van der Waals surface area contributed by atoms with Crippen molar-refractivity contribution in [1.29, 1.82) is 0 Å². The number of nitrogens with zero attached hydrogens (tertiary/aromatic N) is 2. The Kier molecular flexibility index (Phi) is 3.12. The molecule has 5 heteroatoms. The number of carbonyl (C=O) groups is 1. The Morgan fingerprint density at radius 3 is 2.61 bits per heavy atom. The summed E-state index contributed by atoms with van der Waals surface area (Å²) in [7, 11) is 2.01. The Morgan fingerprint density at radius 1 is 1.04 bits per heavy atom. The smallest absolute Gasteiger partial charge is 0.335 e. The van der Waals surface area contributed by atoms with Gasteiger partial charge in [0, 0.05) is 35.3 Å². The fraction of sp³-hybridized carbons (Fsp3) is 0.111. The minimum atomic E-state index is -0.289. The van der Waals surface area contributed by atoms with Gasteiger partial charge < -0.3 is 9.88 Å². The third-order valence-electron chi connectivity index (χ3n) is 4.14. The maximum absolute atomic E-state index is 11.8. The first kappa shape index (κ1) is 13.6. The van der Waals surface area contributed by atoms with Crippen LogP contribution >= 0.6 is 0 Å². The van der Waals surface area contributed by atoms with Gasteiger partial charge in [-0.25, -0.2) is 10.2 Å². The summed E-state index contributed by atoms with van der Waals surface area (Å²) in [5.74, 6) is 0. The van der Waals surface area contributed by atoms with Crippen molar-refractivity contribution in [3.8, 4) is 0 Å². The lowest BCUT2D eigenvalue weighted by atomic mass is 9.96. The van der Waals surface area contributed by atoms with Crippen molar-refractivity contribution in [1.82, 2.24) is 15.3 Å². The van der Waals surface area contributed by atoms with E-state index in [-0.39, 0.29) is 12.1 Å². The number of fused-ring (bicyclic) bond motifs is 1. The van der Waals surface area contributed by atoms with Crippen molar-refractivity contribution in [3.63, 3.8) is 0 Å². The second-order valence-corrected chi connectivity index (χ2v) is 5.59. The molecule has 0 saturated heterocycles. The third kappa shape index (κ3) is 2.26. The van der Waals surface area contributed by atoms with E-state index in [9.17, 15) is 4.79 Å². The maximum atomic E-state index is 11.8. The highest BCUT2D eigenvalue weighted by Gasteiger charge is 2.28. The number of hydrogen-bond donors (Lipinski definition) is 2. The van der Waals surface area contributed by atoms with E-state index in [1.165, 1.54) is 0 Å². The molecule has 2 heterocycles. The first-order chi connectivity index (χ1) is 11.2. The minimum Gasteiger partial charge on any atom is -0.350 e. The van der Waals surface area contributed by atoms with Crippen LogP contribution in [-0.4, -0.2) is 16.3 Å². The summed E-state index contributed by atoms with van der Waals surface area (Å²) in [6, 6.07) is 17.5. The van der Waals surface area contributed by atoms with Crippen molar-refractivity contribution in [2.45, 2.75) is 6.04 Å². The Hall–Kier alpha value is -3.08. The second kappa shape index (κ2) is 5.28. The summed E-state index contributed by atoms with van der Waals surface area (Å²) in [6.45, 7) is 0. The molecule has 1 atom stereocenters. The highest BCUT2D eigenvalue weighted by Crippen LogP contribution is 2.29. The number of amides is 2. The molecule has 0 bridgehead atoms. The van der Waals surface area contributed by atoms with E-state index in [0.717, 1.165) is 27.7 Å². The molecule has 0 aliphatic carbocycles. The summed E-state index contributed by atoms with van der Waals surface area (Å²) in [5.41, 5.74) is 6.48. The monoisotopic (exact) mass is 304 g/mol. The van der Waals surface area contributed by atoms with Gasteiger partial charge in [0.1, 0.15) is 6.04 Å². The molecule has 2 amide bonds. The molecule has 2 aromatic carbocycles. The van der Waals surface area contributed by atoms with Gasteiger partial charge in [0.2, 0.25) is 0 Å². The Bertz CT molecular complexity index is 911. The zero-order valence-corrected chi connectivity index (χ0v) is 12.7. The molecule has 3 aromatic rings. The maximum Gasteiger partial charge on any atom is 0.335 e. The summed E-state index contributed by atoms with van der Waals surface area (Å²) in [6.07, 6.45) is 2.05. The number of rotatable bonds is 2. The quantitative estimate of drug-likeness (QED) is 0.751. The predicted octanol–water partition coefficient (Wildman–Crippen LogP) is 2.94. The zero-order valence-electron chi connectivity index (χ0n) is 12.7. The number of aryl methyl sites for hydroxylation is 1. The molecule has 4 rings (SSSR count). The second-order valence-electron chi connectivity index (χ2n) is 5.59. The first-order valence-corrected chi connectivity index (χ1v) is 7.47. The standard InChI is InChI=1S/C18H16N4O/c1-22-11-14(13-9-5-6-10-15(13)22)17-16(20-21-18(23)19-17)12-7-3-2-4-8-12/h2-11,17H,1H3,(H2,19,21,23). The summed E-state index contributed by atoms with van der Waals surface area (Å²) in [5, 5.41) is 8.41. The average Bonchev–Trinajstić information content (AvgIpc) is 2.93. The SMILES string of the molecule is Cn1cc(C2NC(=O)NN=C2c2ccccc2)c2ccccc21. The number of aromatic nitrogens is 1. The number of hydrogen-bond acceptors (Lipinski definition) is 2. The van der Waals surface area contributed by atoms with Crippen LogP contribution in [0.4, 0.5) is 4.79 Å². The van der Waals surface area contributed by atoms with Crippen LogP contribution in [0.25, 0.3) is 10.9 Å². The average molecular weight is 304 g/mol. The van der Waals surface area contributed by atoms with Crippen LogP contribution in [0.1, 0.15) is 17.2 Å². The van der Waals surface area contributed by atoms with Gasteiger partial charge in [0.15, 0.2) is 0 Å². The lowest BCUT2D eigenvalue weighted by Gasteiger charge is -2.24. The Labute approximate surface area is 133 Å². The van der Waals surface area contributed by atoms with Gasteiger partial charge in [0.25, 0.3) is 0 Å². The zero-order chi connectivity index (χ0) is 15.8. The summed E-state index contributed by atoms with van der Waals surface area (Å²) >= 11 is 0. The van der Waals surface area contributed by atoms with Crippen LogP contribution in [0, 0.1) is 0 Å². The van der Waals surface area contributed by atoms with Gasteiger partial charge >= 0.3 is 6.03 Å². The Morgan fingerprint density at radius 2 is 1.78 bits per heavy atom. The largest absolute Gasteiger partial charge is 0.350 e. The van der Waals surface area contributed by atoms with E-state index in [4.69, 9.17) is 0 Å². The van der Waals surface area contributed by atoms with Gasteiger partial charge in [-0.15, -0.1) is 0 Å². The molecule has 23 heavy (non-hydrogen) atoms. The lowest BCUT2D eigenvalue weighted by Crippen LogP contribution is -2.44. The molecule has 0 radical (unpaired) electrons. The van der Waals surface area contributed by atoms with Crippen LogP contribution in [-0.2, 0) is 7.05 Å². The molecule has 0 spiro atoms. The molecule has 1 unspecified atom stereocenters. The summed E-state index contributed by atoms with van der Waals surface area (Å²) < 4.78 is 2.07. The molecule has 0 saturated carbocycles. The fourth-order valence-corrected chi connectivity index (χ4v) is 3.08. The minimum absolute atomic E-state index is 0.280. The van der Waals surface area contributed by atoms with Gasteiger partial charge in [-0.1, -0.05) is 48.5 Å². The van der Waals surface area contributed by atoms with E-state index in [0.29, 0.717) is 0 Å². The highest BCUT2D eigenvalue weighted by molar-refractivity contribution is 6.09. The van der Waals surface area contributed by atoms with E-state index in [2.05, 4.69) is 38.7 Å². The fourth-order valence-electron chi connectivity index (χ4n) is 3.08. The van der Waals surface area contributed by atoms with Crippen LogP contribution in [0.5, 0.6) is 0 Å². The van der Waals surface area contributed by atoms with Crippen molar-refractivity contribution in [2.24, 2.45) is 12.1 Å². The van der Waals surface area contributed by atoms with Crippen LogP contribution in [0.15, 0.2) is 65.9 Å².